The van der Waals surface area contributed by atoms with Gasteiger partial charge in [-0.05, 0) is 23.8 Å². The van der Waals surface area contributed by atoms with Gasteiger partial charge in [0.25, 0.3) is 0 Å². The Kier molecular flexibility index (Phi) is 7.16. The Morgan fingerprint density at radius 2 is 1.70 bits per heavy atom. The van der Waals surface area contributed by atoms with Crippen LogP contribution in [0.25, 0.3) is 6.08 Å². The smallest absolute Gasteiger partial charge is 0.330 e. The van der Waals surface area contributed by atoms with E-state index in [1.54, 1.807) is 24.3 Å². The highest BCUT2D eigenvalue weighted by Crippen LogP contribution is 2.29. The molecule has 0 heterocycles. The molecule has 0 aromatic heterocycles. The van der Waals surface area contributed by atoms with Gasteiger partial charge in [0.15, 0.2) is 25.1 Å². The molecule has 1 rings (SSSR count). The number of ether oxygens (including phenoxy) is 5. The van der Waals surface area contributed by atoms with E-state index in [0.717, 1.165) is 5.56 Å². The highest BCUT2D eigenvalue weighted by Gasteiger charge is 2.06. The summed E-state index contributed by atoms with van der Waals surface area (Å²) in [5.74, 6) is 0.596. The molecule has 0 amide bonds. The first-order valence-electron chi connectivity index (χ1n) is 5.84. The van der Waals surface area contributed by atoms with Gasteiger partial charge in [0.2, 0.25) is 0 Å². The molecule has 0 spiro atoms. The molecule has 0 radical (unpaired) electrons. The minimum Gasteiger partial charge on any atom is -0.466 e. The lowest BCUT2D eigenvalue weighted by atomic mass is 10.2. The van der Waals surface area contributed by atoms with E-state index in [0.29, 0.717) is 11.5 Å². The Morgan fingerprint density at radius 3 is 2.30 bits per heavy atom. The van der Waals surface area contributed by atoms with Crippen molar-refractivity contribution >= 4 is 12.0 Å². The van der Waals surface area contributed by atoms with Crippen molar-refractivity contribution in [1.29, 1.82) is 0 Å². The highest BCUT2D eigenvalue weighted by atomic mass is 16.7. The summed E-state index contributed by atoms with van der Waals surface area (Å²) in [7, 11) is 4.38. The zero-order chi connectivity index (χ0) is 14.8. The molecule has 0 saturated carbocycles. The van der Waals surface area contributed by atoms with Gasteiger partial charge in [0.05, 0.1) is 7.11 Å². The van der Waals surface area contributed by atoms with Crippen molar-refractivity contribution in [2.75, 3.05) is 34.9 Å². The molecule has 0 aliphatic heterocycles. The van der Waals surface area contributed by atoms with Crippen molar-refractivity contribution in [3.8, 4) is 11.5 Å². The van der Waals surface area contributed by atoms with Crippen LogP contribution in [0.3, 0.4) is 0 Å². The second-order valence-corrected chi connectivity index (χ2v) is 3.66. The van der Waals surface area contributed by atoms with E-state index in [-0.39, 0.29) is 13.6 Å². The largest absolute Gasteiger partial charge is 0.466 e. The summed E-state index contributed by atoms with van der Waals surface area (Å²) in [4.78, 5) is 11.0. The van der Waals surface area contributed by atoms with E-state index in [2.05, 4.69) is 4.74 Å². The third kappa shape index (κ3) is 5.29. The molecule has 0 N–H and O–H groups in total. The van der Waals surface area contributed by atoms with Crippen LogP contribution in [-0.4, -0.2) is 40.9 Å². The molecule has 0 bridgehead atoms. The van der Waals surface area contributed by atoms with Gasteiger partial charge in [0.1, 0.15) is 0 Å². The van der Waals surface area contributed by atoms with Crippen molar-refractivity contribution in [2.45, 2.75) is 0 Å². The summed E-state index contributed by atoms with van der Waals surface area (Å²) in [5, 5.41) is 0. The second kappa shape index (κ2) is 8.95. The monoisotopic (exact) mass is 282 g/mol. The molecule has 1 aromatic carbocycles. The van der Waals surface area contributed by atoms with Crippen LogP contribution in [0, 0.1) is 0 Å². The summed E-state index contributed by atoms with van der Waals surface area (Å²) in [6, 6.07) is 5.23. The molecule has 0 aliphatic carbocycles. The second-order valence-electron chi connectivity index (χ2n) is 3.66. The number of carbonyl (C=O) groups is 1. The van der Waals surface area contributed by atoms with Crippen molar-refractivity contribution in [3.63, 3.8) is 0 Å². The lowest BCUT2D eigenvalue weighted by molar-refractivity contribution is -0.134. The van der Waals surface area contributed by atoms with Crippen molar-refractivity contribution in [2.24, 2.45) is 0 Å². The molecule has 0 atom stereocenters. The molecule has 0 aliphatic rings. The number of carbonyl (C=O) groups excluding carboxylic acids is 1. The van der Waals surface area contributed by atoms with Crippen molar-refractivity contribution in [1.82, 2.24) is 0 Å². The van der Waals surface area contributed by atoms with Gasteiger partial charge in [-0.15, -0.1) is 0 Å². The number of hydrogen-bond acceptors (Lipinski definition) is 6. The van der Waals surface area contributed by atoms with E-state index >= 15 is 0 Å². The van der Waals surface area contributed by atoms with Crippen LogP contribution in [0.4, 0.5) is 0 Å². The first kappa shape index (κ1) is 16.0. The fourth-order valence-corrected chi connectivity index (χ4v) is 1.34. The molecule has 0 unspecified atom stereocenters. The fourth-order valence-electron chi connectivity index (χ4n) is 1.34. The molecule has 1 aromatic rings. The Labute approximate surface area is 117 Å². The van der Waals surface area contributed by atoms with Crippen molar-refractivity contribution < 1.29 is 28.5 Å². The van der Waals surface area contributed by atoms with E-state index in [4.69, 9.17) is 18.9 Å². The van der Waals surface area contributed by atoms with E-state index < -0.39 is 5.97 Å². The summed E-state index contributed by atoms with van der Waals surface area (Å²) < 4.78 is 25.0. The van der Waals surface area contributed by atoms with Gasteiger partial charge in [-0.1, -0.05) is 6.07 Å². The first-order chi connectivity index (χ1) is 9.71. The maximum atomic E-state index is 11.0. The number of rotatable bonds is 8. The van der Waals surface area contributed by atoms with Gasteiger partial charge >= 0.3 is 5.97 Å². The number of methoxy groups -OCH3 is 3. The Hall–Kier alpha value is -2.05. The minimum absolute atomic E-state index is 0.0908. The Morgan fingerprint density at radius 1 is 1.05 bits per heavy atom. The molecule has 6 heteroatoms. The van der Waals surface area contributed by atoms with Crippen LogP contribution in [-0.2, 0) is 19.0 Å². The fraction of sp³-hybridized carbons (Fsp3) is 0.357. The van der Waals surface area contributed by atoms with Gasteiger partial charge in [-0.2, -0.15) is 0 Å². The predicted octanol–water partition coefficient (Wildman–Crippen LogP) is 1.84. The summed E-state index contributed by atoms with van der Waals surface area (Å²) in [6.45, 7) is 0.203. The van der Waals surface area contributed by atoms with Crippen LogP contribution in [0.15, 0.2) is 24.3 Å². The van der Waals surface area contributed by atoms with Gasteiger partial charge < -0.3 is 23.7 Å². The Bertz CT molecular complexity index is 455. The van der Waals surface area contributed by atoms with Gasteiger partial charge in [0, 0.05) is 20.3 Å². The molecule has 0 fully saturated rings. The van der Waals surface area contributed by atoms with E-state index in [9.17, 15) is 4.79 Å². The topological polar surface area (TPSA) is 63.2 Å². The maximum Gasteiger partial charge on any atom is 0.330 e. The van der Waals surface area contributed by atoms with Gasteiger partial charge in [-0.3, -0.25) is 0 Å². The van der Waals surface area contributed by atoms with E-state index in [1.165, 1.54) is 27.4 Å². The van der Waals surface area contributed by atoms with Crippen LogP contribution in [0.1, 0.15) is 5.56 Å². The van der Waals surface area contributed by atoms with Gasteiger partial charge in [-0.25, -0.2) is 4.79 Å². The normalized spacial score (nSPS) is 10.6. The van der Waals surface area contributed by atoms with Crippen molar-refractivity contribution in [3.05, 3.63) is 29.8 Å². The third-order valence-corrected chi connectivity index (χ3v) is 2.25. The molecular formula is C14H18O6. The predicted molar refractivity (Wildman–Crippen MR) is 72.5 cm³/mol. The average Bonchev–Trinajstić information content (AvgIpc) is 2.49. The standard InChI is InChI=1S/C14H18O6/c1-16-9-19-12-6-4-11(5-7-14(15)18-3)8-13(12)20-10-17-2/h4-8H,9-10H2,1-3H3/b7-5+. The minimum atomic E-state index is -0.427. The quantitative estimate of drug-likeness (QED) is 0.412. The maximum absolute atomic E-state index is 11.0. The lowest BCUT2D eigenvalue weighted by Gasteiger charge is -2.12. The summed E-state index contributed by atoms with van der Waals surface area (Å²) in [5.41, 5.74) is 0.770. The van der Waals surface area contributed by atoms with Crippen LogP contribution in [0.5, 0.6) is 11.5 Å². The van der Waals surface area contributed by atoms with Crippen LogP contribution in [0.2, 0.25) is 0 Å². The highest BCUT2D eigenvalue weighted by molar-refractivity contribution is 5.87. The van der Waals surface area contributed by atoms with E-state index in [1.807, 2.05) is 0 Å². The molecule has 20 heavy (non-hydrogen) atoms. The zero-order valence-corrected chi connectivity index (χ0v) is 11.8. The number of hydrogen-bond donors (Lipinski definition) is 0. The number of esters is 1. The molecule has 0 saturated heterocycles. The number of benzene rings is 1. The summed E-state index contributed by atoms with van der Waals surface area (Å²) in [6.07, 6.45) is 2.94. The van der Waals surface area contributed by atoms with Crippen LogP contribution >= 0.6 is 0 Å². The molecule has 6 nitrogen and oxygen atoms in total. The third-order valence-electron chi connectivity index (χ3n) is 2.25. The summed E-state index contributed by atoms with van der Waals surface area (Å²) >= 11 is 0. The molecular weight excluding hydrogens is 264 g/mol. The SMILES string of the molecule is COCOc1ccc(/C=C/C(=O)OC)cc1OCOC. The lowest BCUT2D eigenvalue weighted by Crippen LogP contribution is -2.04. The molecule has 110 valence electrons. The zero-order valence-electron chi connectivity index (χ0n) is 11.8. The Balaban J connectivity index is 2.88. The van der Waals surface area contributed by atoms with Crippen LogP contribution < -0.4 is 9.47 Å². The average molecular weight is 282 g/mol. The first-order valence-corrected chi connectivity index (χ1v) is 5.84.